The number of benzene rings is 2. The van der Waals surface area contributed by atoms with Crippen LogP contribution in [0.4, 0.5) is 17.6 Å². The van der Waals surface area contributed by atoms with Crippen LogP contribution in [0.25, 0.3) is 11.1 Å². The molecular formula is C37H43F4N3O3. The summed E-state index contributed by atoms with van der Waals surface area (Å²) < 4.78 is 58.2. The first-order chi connectivity index (χ1) is 22.1. The van der Waals surface area contributed by atoms with Gasteiger partial charge in [0, 0.05) is 17.9 Å². The molecule has 252 valence electrons. The largest absolute Gasteiger partial charge is 0.493 e. The van der Waals surface area contributed by atoms with Crippen LogP contribution < -0.4 is 10.1 Å². The lowest BCUT2D eigenvalue weighted by atomic mass is 9.89. The van der Waals surface area contributed by atoms with Crippen LogP contribution in [0.15, 0.2) is 41.4 Å². The molecule has 0 saturated heterocycles. The second-order valence-electron chi connectivity index (χ2n) is 12.6. The maximum atomic E-state index is 14.1. The molecule has 0 radical (unpaired) electrons. The van der Waals surface area contributed by atoms with Crippen LogP contribution in [0, 0.1) is 26.6 Å². The van der Waals surface area contributed by atoms with Crippen molar-refractivity contribution in [3.63, 3.8) is 0 Å². The monoisotopic (exact) mass is 653 g/mol. The third kappa shape index (κ3) is 8.08. The van der Waals surface area contributed by atoms with Gasteiger partial charge in [-0.25, -0.2) is 9.37 Å². The number of carbonyl (C=O) groups excluding carboxylic acids is 2. The van der Waals surface area contributed by atoms with Crippen molar-refractivity contribution in [3.8, 4) is 16.9 Å². The predicted molar refractivity (Wildman–Crippen MR) is 175 cm³/mol. The van der Waals surface area contributed by atoms with Crippen LogP contribution in [0.3, 0.4) is 0 Å². The Morgan fingerprint density at radius 3 is 2.11 bits per heavy atom. The van der Waals surface area contributed by atoms with Gasteiger partial charge in [-0.3, -0.25) is 14.6 Å². The molecule has 2 heterocycles. The Kier molecular flexibility index (Phi) is 10.9. The Hall–Kier alpha value is -4.08. The molecule has 1 amide bonds. The average Bonchev–Trinajstić information content (AvgIpc) is 3.77. The van der Waals surface area contributed by atoms with Crippen LogP contribution in [0.1, 0.15) is 104 Å². The third-order valence-corrected chi connectivity index (χ3v) is 8.51. The number of aryl methyl sites for hydroxylation is 3. The number of Topliss-reactive ketones (excluding diaryl/α,β-unsaturated/α-hetero) is 1. The number of nitrogens with one attached hydrogen (secondary N) is 1. The van der Waals surface area contributed by atoms with Crippen molar-refractivity contribution in [2.45, 2.75) is 104 Å². The molecule has 0 spiro atoms. The summed E-state index contributed by atoms with van der Waals surface area (Å²) in [6.07, 6.45) is 0.464. The highest BCUT2D eigenvalue weighted by Crippen LogP contribution is 2.43. The minimum atomic E-state index is -4.48. The van der Waals surface area contributed by atoms with Crippen molar-refractivity contribution in [2.75, 3.05) is 7.11 Å². The fourth-order valence-corrected chi connectivity index (χ4v) is 6.47. The first kappa shape index (κ1) is 35.8. The summed E-state index contributed by atoms with van der Waals surface area (Å²) in [7, 11) is 1.47. The van der Waals surface area contributed by atoms with Crippen molar-refractivity contribution >= 4 is 17.5 Å². The van der Waals surface area contributed by atoms with E-state index in [1.54, 1.807) is 6.92 Å². The second kappa shape index (κ2) is 14.4. The standard InChI is InChI=1S/C19H21FO2.C18H22F3N3O/c1-11-6-15(9-14(4)21)7-12(2)18(11)16-8-13(3)19(22-5)17(20)10-16;1-3-9-17(10-4-2)16(25)23-15(24-17)12-7-8-13(18(19,20)21)22-14(12)11-5-6-11/h6-8,10H,9H2,1-5H3;7-8,11H,3-6,9-10H2,1-2H3,(H,23,24,25). The summed E-state index contributed by atoms with van der Waals surface area (Å²) in [5, 5.41) is 2.80. The number of aliphatic imine (C=N–C) groups is 1. The number of pyridine rings is 1. The van der Waals surface area contributed by atoms with E-state index >= 15 is 0 Å². The molecule has 1 N–H and O–H groups in total. The SMILES string of the molecule is CCCC1(CCC)N=C(c2ccc(C(F)(F)F)nc2C2CC2)NC1=O.COc1c(C)cc(-c2c(C)cc(CC(C)=O)cc2C)cc1F. The zero-order chi connectivity index (χ0) is 34.7. The normalized spacial score (nSPS) is 15.5. The fraction of sp³-hybridized carbons (Fsp3) is 0.459. The number of amides is 1. The van der Waals surface area contributed by atoms with E-state index in [-0.39, 0.29) is 29.2 Å². The van der Waals surface area contributed by atoms with E-state index in [1.807, 2.05) is 52.8 Å². The van der Waals surface area contributed by atoms with E-state index in [2.05, 4.69) is 15.3 Å². The molecule has 0 bridgehead atoms. The van der Waals surface area contributed by atoms with Gasteiger partial charge in [-0.1, -0.05) is 38.8 Å². The van der Waals surface area contributed by atoms with Gasteiger partial charge < -0.3 is 10.1 Å². The van der Waals surface area contributed by atoms with Crippen molar-refractivity contribution in [1.82, 2.24) is 10.3 Å². The highest BCUT2D eigenvalue weighted by Gasteiger charge is 2.44. The predicted octanol–water partition coefficient (Wildman–Crippen LogP) is 8.75. The molecule has 1 aliphatic heterocycles. The summed E-state index contributed by atoms with van der Waals surface area (Å²) in [5.74, 6) is 0.293. The molecule has 6 nitrogen and oxygen atoms in total. The molecule has 1 aromatic heterocycles. The Labute approximate surface area is 274 Å². The molecule has 0 atom stereocenters. The quantitative estimate of drug-likeness (QED) is 0.222. The number of amidine groups is 1. The van der Waals surface area contributed by atoms with Gasteiger partial charge in [-0.15, -0.1) is 0 Å². The molecule has 10 heteroatoms. The van der Waals surface area contributed by atoms with Crippen LogP contribution in [0.2, 0.25) is 0 Å². The molecule has 1 saturated carbocycles. The lowest BCUT2D eigenvalue weighted by Crippen LogP contribution is -2.39. The maximum Gasteiger partial charge on any atom is 0.433 e. The summed E-state index contributed by atoms with van der Waals surface area (Å²) in [5.41, 5.74) is 4.92. The Balaban J connectivity index is 0.000000215. The van der Waals surface area contributed by atoms with E-state index in [9.17, 15) is 27.2 Å². The average molecular weight is 654 g/mol. The van der Waals surface area contributed by atoms with Crippen LogP contribution in [-0.4, -0.2) is 35.2 Å². The lowest BCUT2D eigenvalue weighted by Gasteiger charge is -2.21. The van der Waals surface area contributed by atoms with E-state index in [4.69, 9.17) is 4.74 Å². The zero-order valence-electron chi connectivity index (χ0n) is 28.1. The number of ether oxygens (including phenoxy) is 1. The van der Waals surface area contributed by atoms with Gasteiger partial charge in [0.1, 0.15) is 22.9 Å². The summed E-state index contributed by atoms with van der Waals surface area (Å²) in [4.78, 5) is 32.3. The van der Waals surface area contributed by atoms with E-state index in [1.165, 1.54) is 19.2 Å². The van der Waals surface area contributed by atoms with E-state index in [0.29, 0.717) is 36.4 Å². The van der Waals surface area contributed by atoms with Crippen LogP contribution >= 0.6 is 0 Å². The van der Waals surface area contributed by atoms with Gasteiger partial charge in [0.2, 0.25) is 0 Å². The lowest BCUT2D eigenvalue weighted by molar-refractivity contribution is -0.141. The molecule has 1 fully saturated rings. The molecule has 1 aliphatic carbocycles. The molecule has 2 aromatic carbocycles. The van der Waals surface area contributed by atoms with Crippen LogP contribution in [-0.2, 0) is 22.2 Å². The number of hydrogen-bond acceptors (Lipinski definition) is 5. The minimum Gasteiger partial charge on any atom is -0.493 e. The number of halogens is 4. The van der Waals surface area contributed by atoms with Crippen molar-refractivity contribution < 1.29 is 31.9 Å². The zero-order valence-corrected chi connectivity index (χ0v) is 28.1. The number of hydrogen-bond donors (Lipinski definition) is 1. The minimum absolute atomic E-state index is 0.0178. The number of ketones is 1. The smallest absolute Gasteiger partial charge is 0.433 e. The molecule has 47 heavy (non-hydrogen) atoms. The van der Waals surface area contributed by atoms with Gasteiger partial charge in [-0.05, 0) is 111 Å². The van der Waals surface area contributed by atoms with Crippen molar-refractivity contribution in [1.29, 1.82) is 0 Å². The third-order valence-electron chi connectivity index (χ3n) is 8.51. The molecular weight excluding hydrogens is 610 g/mol. The van der Waals surface area contributed by atoms with Gasteiger partial charge >= 0.3 is 6.18 Å². The molecule has 2 aliphatic rings. The number of alkyl halides is 3. The molecule has 0 unspecified atom stereocenters. The number of methoxy groups -OCH3 is 1. The highest BCUT2D eigenvalue weighted by atomic mass is 19.4. The van der Waals surface area contributed by atoms with Crippen molar-refractivity contribution in [2.24, 2.45) is 4.99 Å². The van der Waals surface area contributed by atoms with Gasteiger partial charge in [0.15, 0.2) is 11.6 Å². The highest BCUT2D eigenvalue weighted by molar-refractivity contribution is 6.15. The number of nitrogens with zero attached hydrogens (tertiary/aromatic N) is 2. The number of carbonyl (C=O) groups is 2. The van der Waals surface area contributed by atoms with E-state index in [0.717, 1.165) is 65.1 Å². The summed E-state index contributed by atoms with van der Waals surface area (Å²) in [6, 6.07) is 9.81. The maximum absolute atomic E-state index is 14.1. The molecule has 5 rings (SSSR count). The van der Waals surface area contributed by atoms with Gasteiger partial charge in [0.25, 0.3) is 5.91 Å². The van der Waals surface area contributed by atoms with E-state index < -0.39 is 17.4 Å². The topological polar surface area (TPSA) is 80.7 Å². The van der Waals surface area contributed by atoms with Crippen molar-refractivity contribution in [3.05, 3.63) is 81.4 Å². The molecule has 3 aromatic rings. The Morgan fingerprint density at radius 2 is 1.62 bits per heavy atom. The number of aromatic nitrogens is 1. The van der Waals surface area contributed by atoms with Gasteiger partial charge in [0.05, 0.1) is 12.8 Å². The summed E-state index contributed by atoms with van der Waals surface area (Å²) in [6.45, 7) is 11.4. The first-order valence-corrected chi connectivity index (χ1v) is 16.1. The Bertz CT molecular complexity index is 1640. The second-order valence-corrected chi connectivity index (χ2v) is 12.6. The number of rotatable bonds is 10. The summed E-state index contributed by atoms with van der Waals surface area (Å²) >= 11 is 0. The first-order valence-electron chi connectivity index (χ1n) is 16.1. The Morgan fingerprint density at radius 1 is 1.00 bits per heavy atom. The van der Waals surface area contributed by atoms with Crippen LogP contribution in [0.5, 0.6) is 5.75 Å². The van der Waals surface area contributed by atoms with Gasteiger partial charge in [-0.2, -0.15) is 13.2 Å². The fourth-order valence-electron chi connectivity index (χ4n) is 6.47.